The zero-order chi connectivity index (χ0) is 26.7. The summed E-state index contributed by atoms with van der Waals surface area (Å²) in [7, 11) is 1.75. The quantitative estimate of drug-likeness (QED) is 0.375. The number of fused-ring (bicyclic) bond motifs is 3. The average molecular weight is 512 g/mol. The summed E-state index contributed by atoms with van der Waals surface area (Å²) in [6.07, 6.45) is 12.1. The Hall–Kier alpha value is -4.18. The predicted octanol–water partition coefficient (Wildman–Crippen LogP) is 2.42. The van der Waals surface area contributed by atoms with Gasteiger partial charge < -0.3 is 15.4 Å². The minimum atomic E-state index is -0.808. The van der Waals surface area contributed by atoms with Crippen LogP contribution < -0.4 is 5.73 Å². The van der Waals surface area contributed by atoms with Crippen molar-refractivity contribution in [3.8, 4) is 12.8 Å². The molecule has 2 N–H and O–H groups in total. The van der Waals surface area contributed by atoms with E-state index >= 15 is 0 Å². The van der Waals surface area contributed by atoms with E-state index < -0.39 is 11.6 Å². The summed E-state index contributed by atoms with van der Waals surface area (Å²) >= 11 is 0. The normalized spacial score (nSPS) is 16.0. The minimum Gasteiger partial charge on any atom is -0.379 e. The summed E-state index contributed by atoms with van der Waals surface area (Å²) in [5.41, 5.74) is 6.55. The molecule has 1 unspecified atom stereocenters. The second kappa shape index (κ2) is 10.8. The first-order valence-electron chi connectivity index (χ1n) is 11.7. The van der Waals surface area contributed by atoms with Crippen molar-refractivity contribution < 1.29 is 18.3 Å². The molecule has 0 saturated carbocycles. The molecule has 1 saturated heterocycles. The third-order valence-electron chi connectivity index (χ3n) is 6.41. The lowest BCUT2D eigenvalue weighted by Gasteiger charge is -2.25. The van der Waals surface area contributed by atoms with Crippen molar-refractivity contribution in [2.75, 3.05) is 26.0 Å². The van der Waals surface area contributed by atoms with Crippen LogP contribution in [-0.2, 0) is 11.2 Å². The standard InChI is InChI=1S/C22H25F2N9O2.C2H2/c1-12(31(2)21(34)17-10-26-30-32(17)14-6-7-35-11-14)4-3-5-18-27-20-15-8-13(23)9-16(24)19(15)28-22(25)33(20)29-18;1-2/h8-10,12,14H,3-7,11H2,1-2H3,(H2,25,28);1-2H/t12-,14?;/m0./s1. The number of nitrogens with two attached hydrogens (primary N) is 1. The number of carbonyl (C=O) groups excluding carboxylic acids is 1. The van der Waals surface area contributed by atoms with E-state index in [1.54, 1.807) is 16.6 Å². The Morgan fingerprint density at radius 2 is 2.11 bits per heavy atom. The molecule has 194 valence electrons. The van der Waals surface area contributed by atoms with E-state index in [2.05, 4.69) is 38.2 Å². The second-order valence-corrected chi connectivity index (χ2v) is 8.76. The number of aromatic nitrogens is 7. The lowest BCUT2D eigenvalue weighted by atomic mass is 10.1. The largest absolute Gasteiger partial charge is 0.379 e. The molecule has 1 amide bonds. The molecule has 37 heavy (non-hydrogen) atoms. The fourth-order valence-corrected chi connectivity index (χ4v) is 4.32. The first-order valence-corrected chi connectivity index (χ1v) is 11.7. The first-order chi connectivity index (χ1) is 17.8. The number of benzene rings is 1. The molecule has 4 heterocycles. The lowest BCUT2D eigenvalue weighted by molar-refractivity contribution is 0.0719. The van der Waals surface area contributed by atoms with Crippen LogP contribution in [0.5, 0.6) is 0 Å². The van der Waals surface area contributed by atoms with Gasteiger partial charge in [0.2, 0.25) is 5.95 Å². The van der Waals surface area contributed by atoms with Gasteiger partial charge in [0.05, 0.1) is 24.2 Å². The van der Waals surface area contributed by atoms with Gasteiger partial charge in [-0.25, -0.2) is 23.4 Å². The van der Waals surface area contributed by atoms with Crippen LogP contribution >= 0.6 is 0 Å². The Labute approximate surface area is 211 Å². The molecule has 2 atom stereocenters. The van der Waals surface area contributed by atoms with Crippen molar-refractivity contribution in [1.82, 2.24) is 39.5 Å². The van der Waals surface area contributed by atoms with Crippen LogP contribution in [0.4, 0.5) is 14.7 Å². The Morgan fingerprint density at radius 3 is 2.84 bits per heavy atom. The summed E-state index contributed by atoms with van der Waals surface area (Å²) in [5.74, 6) is -1.26. The summed E-state index contributed by atoms with van der Waals surface area (Å²) in [6, 6.07) is 1.87. The Kier molecular flexibility index (Phi) is 7.58. The van der Waals surface area contributed by atoms with Gasteiger partial charge in [0.25, 0.3) is 5.91 Å². The molecular weight excluding hydrogens is 484 g/mol. The van der Waals surface area contributed by atoms with Crippen molar-refractivity contribution in [3.05, 3.63) is 41.5 Å². The highest BCUT2D eigenvalue weighted by Gasteiger charge is 2.27. The van der Waals surface area contributed by atoms with Gasteiger partial charge in [0, 0.05) is 32.2 Å². The summed E-state index contributed by atoms with van der Waals surface area (Å²) < 4.78 is 36.3. The van der Waals surface area contributed by atoms with Crippen molar-refractivity contribution in [1.29, 1.82) is 0 Å². The van der Waals surface area contributed by atoms with Crippen LogP contribution in [0.15, 0.2) is 18.3 Å². The molecule has 1 aliphatic rings. The topological polar surface area (TPSA) is 129 Å². The molecule has 1 aromatic carbocycles. The smallest absolute Gasteiger partial charge is 0.273 e. The van der Waals surface area contributed by atoms with Crippen molar-refractivity contribution >= 4 is 28.4 Å². The monoisotopic (exact) mass is 511 g/mol. The summed E-state index contributed by atoms with van der Waals surface area (Å²) in [5, 5.41) is 12.6. The van der Waals surface area contributed by atoms with E-state index in [1.165, 1.54) is 16.8 Å². The molecule has 0 radical (unpaired) electrons. The molecule has 5 rings (SSSR count). The van der Waals surface area contributed by atoms with E-state index in [0.29, 0.717) is 44.0 Å². The second-order valence-electron chi connectivity index (χ2n) is 8.76. The van der Waals surface area contributed by atoms with E-state index in [4.69, 9.17) is 10.5 Å². The highest BCUT2D eigenvalue weighted by Crippen LogP contribution is 2.24. The van der Waals surface area contributed by atoms with Crippen molar-refractivity contribution in [2.45, 2.75) is 44.7 Å². The first kappa shape index (κ1) is 25.9. The van der Waals surface area contributed by atoms with Crippen LogP contribution in [0.1, 0.15) is 48.5 Å². The van der Waals surface area contributed by atoms with Crippen LogP contribution in [0.3, 0.4) is 0 Å². The maximum Gasteiger partial charge on any atom is 0.273 e. The molecule has 0 spiro atoms. The fraction of sp³-hybridized carbons (Fsp3) is 0.417. The molecule has 3 aromatic heterocycles. The number of hydrogen-bond acceptors (Lipinski definition) is 8. The predicted molar refractivity (Wildman–Crippen MR) is 131 cm³/mol. The average Bonchev–Trinajstić information content (AvgIpc) is 3.65. The number of rotatable bonds is 7. The van der Waals surface area contributed by atoms with Crippen molar-refractivity contribution in [2.24, 2.45) is 0 Å². The summed E-state index contributed by atoms with van der Waals surface area (Å²) in [4.78, 5) is 23.2. The molecule has 1 aliphatic heterocycles. The minimum absolute atomic E-state index is 0.0150. The highest BCUT2D eigenvalue weighted by molar-refractivity contribution is 5.93. The number of nitrogens with zero attached hydrogens (tertiary/aromatic N) is 8. The van der Waals surface area contributed by atoms with Crippen molar-refractivity contribution in [3.63, 3.8) is 0 Å². The third kappa shape index (κ3) is 5.05. The van der Waals surface area contributed by atoms with Gasteiger partial charge in [0.15, 0.2) is 17.3 Å². The number of nitrogen functional groups attached to an aromatic ring is 1. The number of amides is 1. The number of carbonyl (C=O) groups is 1. The van der Waals surface area contributed by atoms with Crippen LogP contribution in [0, 0.1) is 24.5 Å². The van der Waals surface area contributed by atoms with E-state index in [-0.39, 0.29) is 40.5 Å². The Bertz CT molecular complexity index is 1440. The zero-order valence-corrected chi connectivity index (χ0v) is 20.5. The maximum absolute atomic E-state index is 14.1. The molecular formula is C24H27F2N9O2. The van der Waals surface area contributed by atoms with Crippen LogP contribution in [0.2, 0.25) is 0 Å². The lowest BCUT2D eigenvalue weighted by Crippen LogP contribution is -2.37. The molecule has 0 aliphatic carbocycles. The van der Waals surface area contributed by atoms with Gasteiger partial charge in [-0.1, -0.05) is 5.21 Å². The number of hydrogen-bond donors (Lipinski definition) is 1. The fourth-order valence-electron chi connectivity index (χ4n) is 4.32. The molecule has 0 bridgehead atoms. The van der Waals surface area contributed by atoms with Gasteiger partial charge in [-0.05, 0) is 32.3 Å². The third-order valence-corrected chi connectivity index (χ3v) is 6.41. The van der Waals surface area contributed by atoms with Gasteiger partial charge in [-0.15, -0.1) is 23.0 Å². The highest BCUT2D eigenvalue weighted by atomic mass is 19.1. The number of terminal acetylenes is 1. The van der Waals surface area contributed by atoms with Gasteiger partial charge >= 0.3 is 0 Å². The molecule has 4 aromatic rings. The van der Waals surface area contributed by atoms with Crippen LogP contribution in [-0.4, -0.2) is 71.7 Å². The molecule has 13 heteroatoms. The number of ether oxygens (including phenoxy) is 1. The zero-order valence-electron chi connectivity index (χ0n) is 20.5. The number of anilines is 1. The van der Waals surface area contributed by atoms with Gasteiger partial charge in [-0.2, -0.15) is 4.52 Å². The molecule has 11 nitrogen and oxygen atoms in total. The van der Waals surface area contributed by atoms with Gasteiger partial charge in [-0.3, -0.25) is 4.79 Å². The van der Waals surface area contributed by atoms with E-state index in [1.807, 2.05) is 6.92 Å². The Morgan fingerprint density at radius 1 is 1.32 bits per heavy atom. The van der Waals surface area contributed by atoms with Gasteiger partial charge in [0.1, 0.15) is 17.0 Å². The Balaban J connectivity index is 0.00000156. The van der Waals surface area contributed by atoms with E-state index in [0.717, 1.165) is 12.5 Å². The summed E-state index contributed by atoms with van der Waals surface area (Å²) in [6.45, 7) is 3.12. The molecule has 1 fully saturated rings. The van der Waals surface area contributed by atoms with Crippen LogP contribution in [0.25, 0.3) is 16.6 Å². The maximum atomic E-state index is 14.1. The van der Waals surface area contributed by atoms with E-state index in [9.17, 15) is 13.6 Å². The SMILES string of the molecule is C#C.C[C@@H](CCCc1nc2c3cc(F)cc(F)c3nc(N)n2n1)N(C)C(=O)c1cnnn1C1CCOC1. The number of aryl methyl sites for hydroxylation is 1. The number of halogens is 2.